The molecule has 2 aromatic heterocycles. The second-order valence-electron chi connectivity index (χ2n) is 4.39. The molecule has 8 nitrogen and oxygen atoms in total. The van der Waals surface area contributed by atoms with E-state index in [1.165, 1.54) is 12.4 Å². The van der Waals surface area contributed by atoms with Crippen LogP contribution in [0.5, 0.6) is 0 Å². The van der Waals surface area contributed by atoms with E-state index in [2.05, 4.69) is 36.0 Å². The number of halogens is 1. The number of nitrogen functional groups attached to an aromatic ring is 1. The van der Waals surface area contributed by atoms with E-state index in [9.17, 15) is 4.79 Å². The van der Waals surface area contributed by atoms with Crippen molar-refractivity contribution in [2.24, 2.45) is 0 Å². The Morgan fingerprint density at radius 1 is 1.30 bits per heavy atom. The fourth-order valence-corrected chi connectivity index (χ4v) is 2.16. The lowest BCUT2D eigenvalue weighted by molar-refractivity contribution is 0.0424. The first-order valence-corrected chi connectivity index (χ1v) is 7.25. The standard InChI is InChI=1S/C14H10BrN5O3/c15-9-3-1-2-8(6-9)13-19-10(23-20-13)7-22-14(21)11-12(16)18-5-4-17-11/h1-6H,7H2,(H2,16,18). The molecule has 0 aliphatic heterocycles. The van der Waals surface area contributed by atoms with Crippen LogP contribution in [0.2, 0.25) is 0 Å². The minimum Gasteiger partial charge on any atom is -0.451 e. The van der Waals surface area contributed by atoms with Crippen LogP contribution in [0, 0.1) is 0 Å². The van der Waals surface area contributed by atoms with E-state index in [4.69, 9.17) is 15.0 Å². The highest BCUT2D eigenvalue weighted by molar-refractivity contribution is 9.10. The van der Waals surface area contributed by atoms with Crippen molar-refractivity contribution < 1.29 is 14.1 Å². The second kappa shape index (κ2) is 6.53. The molecule has 0 bridgehead atoms. The van der Waals surface area contributed by atoms with Gasteiger partial charge in [-0.2, -0.15) is 4.98 Å². The van der Waals surface area contributed by atoms with Gasteiger partial charge in [-0.25, -0.2) is 14.8 Å². The lowest BCUT2D eigenvalue weighted by atomic mass is 10.2. The Morgan fingerprint density at radius 2 is 2.13 bits per heavy atom. The predicted molar refractivity (Wildman–Crippen MR) is 83.0 cm³/mol. The number of nitrogens with two attached hydrogens (primary N) is 1. The van der Waals surface area contributed by atoms with Crippen LogP contribution in [-0.4, -0.2) is 26.1 Å². The summed E-state index contributed by atoms with van der Waals surface area (Å²) in [5.74, 6) is -0.150. The largest absolute Gasteiger partial charge is 0.451 e. The summed E-state index contributed by atoms with van der Waals surface area (Å²) >= 11 is 3.37. The molecule has 0 aliphatic carbocycles. The molecule has 0 fully saturated rings. The van der Waals surface area contributed by atoms with Gasteiger partial charge < -0.3 is 15.0 Å². The van der Waals surface area contributed by atoms with Crippen LogP contribution in [-0.2, 0) is 11.3 Å². The van der Waals surface area contributed by atoms with Crippen molar-refractivity contribution in [1.82, 2.24) is 20.1 Å². The van der Waals surface area contributed by atoms with Gasteiger partial charge in [0, 0.05) is 22.4 Å². The maximum atomic E-state index is 11.9. The third kappa shape index (κ3) is 3.51. The number of carbonyl (C=O) groups is 1. The van der Waals surface area contributed by atoms with Crippen molar-refractivity contribution in [3.05, 3.63) is 52.7 Å². The number of benzene rings is 1. The van der Waals surface area contributed by atoms with Gasteiger partial charge in [0.15, 0.2) is 18.1 Å². The first-order valence-electron chi connectivity index (χ1n) is 6.45. The van der Waals surface area contributed by atoms with E-state index in [1.807, 2.05) is 24.3 Å². The van der Waals surface area contributed by atoms with Gasteiger partial charge >= 0.3 is 5.97 Å². The van der Waals surface area contributed by atoms with Gasteiger partial charge in [-0.15, -0.1) is 0 Å². The molecule has 3 rings (SSSR count). The van der Waals surface area contributed by atoms with Crippen LogP contribution >= 0.6 is 15.9 Å². The van der Waals surface area contributed by atoms with Gasteiger partial charge in [0.25, 0.3) is 5.89 Å². The monoisotopic (exact) mass is 375 g/mol. The number of ether oxygens (including phenoxy) is 1. The normalized spacial score (nSPS) is 10.5. The Bertz CT molecular complexity index is 852. The highest BCUT2D eigenvalue weighted by Gasteiger charge is 2.16. The van der Waals surface area contributed by atoms with Crippen molar-refractivity contribution in [2.45, 2.75) is 6.61 Å². The molecule has 0 unspecified atom stereocenters. The quantitative estimate of drug-likeness (QED) is 0.689. The van der Waals surface area contributed by atoms with Gasteiger partial charge in [-0.05, 0) is 12.1 Å². The summed E-state index contributed by atoms with van der Waals surface area (Å²) in [6.07, 6.45) is 2.74. The predicted octanol–water partition coefficient (Wildman–Crippen LogP) is 2.23. The zero-order valence-corrected chi connectivity index (χ0v) is 13.2. The number of hydrogen-bond acceptors (Lipinski definition) is 8. The zero-order chi connectivity index (χ0) is 16.2. The van der Waals surface area contributed by atoms with Gasteiger partial charge in [-0.1, -0.05) is 33.2 Å². The van der Waals surface area contributed by atoms with E-state index < -0.39 is 5.97 Å². The Morgan fingerprint density at radius 3 is 2.91 bits per heavy atom. The SMILES string of the molecule is Nc1nccnc1C(=O)OCc1nc(-c2cccc(Br)c2)no1. The molecular weight excluding hydrogens is 366 g/mol. The lowest BCUT2D eigenvalue weighted by Gasteiger charge is -2.02. The van der Waals surface area contributed by atoms with E-state index in [-0.39, 0.29) is 24.0 Å². The summed E-state index contributed by atoms with van der Waals surface area (Å²) in [5, 5.41) is 3.84. The molecular formula is C14H10BrN5O3. The van der Waals surface area contributed by atoms with Crippen molar-refractivity contribution in [2.75, 3.05) is 5.73 Å². The molecule has 0 aliphatic rings. The highest BCUT2D eigenvalue weighted by Crippen LogP contribution is 2.20. The number of nitrogens with zero attached hydrogens (tertiary/aromatic N) is 4. The van der Waals surface area contributed by atoms with Crippen molar-refractivity contribution >= 4 is 27.7 Å². The van der Waals surface area contributed by atoms with Crippen LogP contribution in [0.25, 0.3) is 11.4 Å². The number of carbonyl (C=O) groups excluding carboxylic acids is 1. The van der Waals surface area contributed by atoms with E-state index in [0.717, 1.165) is 10.0 Å². The number of rotatable bonds is 4. The first-order chi connectivity index (χ1) is 11.1. The van der Waals surface area contributed by atoms with Crippen LogP contribution in [0.4, 0.5) is 5.82 Å². The summed E-state index contributed by atoms with van der Waals surface area (Å²) in [6.45, 7) is -0.185. The Labute approximate surface area is 138 Å². The van der Waals surface area contributed by atoms with Crippen molar-refractivity contribution in [1.29, 1.82) is 0 Å². The molecule has 116 valence electrons. The average molecular weight is 376 g/mol. The van der Waals surface area contributed by atoms with Crippen LogP contribution in [0.3, 0.4) is 0 Å². The number of aromatic nitrogens is 4. The van der Waals surface area contributed by atoms with E-state index in [1.54, 1.807) is 0 Å². The van der Waals surface area contributed by atoms with E-state index in [0.29, 0.717) is 5.82 Å². The molecule has 1 aromatic carbocycles. The zero-order valence-electron chi connectivity index (χ0n) is 11.6. The van der Waals surface area contributed by atoms with E-state index >= 15 is 0 Å². The molecule has 0 radical (unpaired) electrons. The summed E-state index contributed by atoms with van der Waals surface area (Å²) in [4.78, 5) is 23.6. The molecule has 0 spiro atoms. The molecule has 0 atom stereocenters. The summed E-state index contributed by atoms with van der Waals surface area (Å²) in [7, 11) is 0. The van der Waals surface area contributed by atoms with Crippen molar-refractivity contribution in [3.8, 4) is 11.4 Å². The molecule has 9 heteroatoms. The molecule has 0 amide bonds. The summed E-state index contributed by atoms with van der Waals surface area (Å²) in [6, 6.07) is 7.43. The minimum absolute atomic E-state index is 0.00199. The van der Waals surface area contributed by atoms with Gasteiger partial charge in [-0.3, -0.25) is 0 Å². The fourth-order valence-electron chi connectivity index (χ4n) is 1.76. The number of esters is 1. The molecule has 2 N–H and O–H groups in total. The van der Waals surface area contributed by atoms with Gasteiger partial charge in [0.05, 0.1) is 0 Å². The molecule has 0 saturated heterocycles. The summed E-state index contributed by atoms with van der Waals surface area (Å²) < 4.78 is 11.0. The van der Waals surface area contributed by atoms with Crippen molar-refractivity contribution in [3.63, 3.8) is 0 Å². The fraction of sp³-hybridized carbons (Fsp3) is 0.0714. The lowest BCUT2D eigenvalue weighted by Crippen LogP contribution is -2.11. The smallest absolute Gasteiger partial charge is 0.361 e. The maximum absolute atomic E-state index is 11.9. The third-order valence-electron chi connectivity index (χ3n) is 2.80. The summed E-state index contributed by atoms with van der Waals surface area (Å²) in [5.41, 5.74) is 6.27. The Balaban J connectivity index is 1.68. The molecule has 2 heterocycles. The van der Waals surface area contributed by atoms with Crippen LogP contribution in [0.1, 0.15) is 16.4 Å². The van der Waals surface area contributed by atoms with Gasteiger partial charge in [0.2, 0.25) is 5.82 Å². The first kappa shape index (κ1) is 15.1. The second-order valence-corrected chi connectivity index (χ2v) is 5.30. The molecule has 3 aromatic rings. The molecule has 0 saturated carbocycles. The van der Waals surface area contributed by atoms with Crippen LogP contribution < -0.4 is 5.73 Å². The Kier molecular flexibility index (Phi) is 4.29. The number of anilines is 1. The van der Waals surface area contributed by atoms with Crippen LogP contribution in [0.15, 0.2) is 45.7 Å². The topological polar surface area (TPSA) is 117 Å². The Hall–Kier alpha value is -2.81. The highest BCUT2D eigenvalue weighted by atomic mass is 79.9. The molecule has 23 heavy (non-hydrogen) atoms. The number of hydrogen-bond donors (Lipinski definition) is 1. The third-order valence-corrected chi connectivity index (χ3v) is 3.29. The average Bonchev–Trinajstić information content (AvgIpc) is 3.02. The maximum Gasteiger partial charge on any atom is 0.361 e. The van der Waals surface area contributed by atoms with Gasteiger partial charge in [0.1, 0.15) is 0 Å². The minimum atomic E-state index is -0.710.